The molecule has 0 radical (unpaired) electrons. The minimum atomic E-state index is -0.114. The van der Waals surface area contributed by atoms with Gasteiger partial charge in [-0.2, -0.15) is 0 Å². The van der Waals surface area contributed by atoms with Gasteiger partial charge in [-0.15, -0.1) is 10.2 Å². The van der Waals surface area contributed by atoms with Gasteiger partial charge in [0, 0.05) is 33.9 Å². The van der Waals surface area contributed by atoms with Gasteiger partial charge in [-0.3, -0.25) is 18.6 Å². The third-order valence-corrected chi connectivity index (χ3v) is 6.43. The molecule has 178 valence electrons. The second-order valence-electron chi connectivity index (χ2n) is 7.83. The number of methoxy groups -OCH3 is 2. The molecule has 0 saturated heterocycles. The SMILES string of the molecule is COCCCn1c(=O)c2ccccc2n2c(SCC(=O)N(C)Cc3cccc(OC)c3)nnc12. The number of hydrogen-bond donors (Lipinski definition) is 0. The predicted octanol–water partition coefficient (Wildman–Crippen LogP) is 2.84. The van der Waals surface area contributed by atoms with E-state index in [1.807, 2.05) is 46.9 Å². The molecular weight excluding hydrogens is 454 g/mol. The van der Waals surface area contributed by atoms with E-state index in [-0.39, 0.29) is 17.2 Å². The third kappa shape index (κ3) is 4.92. The van der Waals surface area contributed by atoms with E-state index in [2.05, 4.69) is 10.2 Å². The van der Waals surface area contributed by atoms with Gasteiger partial charge in [0.15, 0.2) is 5.16 Å². The Balaban J connectivity index is 1.57. The van der Waals surface area contributed by atoms with Crippen molar-refractivity contribution in [2.45, 2.75) is 24.7 Å². The zero-order chi connectivity index (χ0) is 24.1. The lowest BCUT2D eigenvalue weighted by Crippen LogP contribution is -2.28. The van der Waals surface area contributed by atoms with Crippen molar-refractivity contribution in [2.75, 3.05) is 33.6 Å². The lowest BCUT2D eigenvalue weighted by atomic mass is 10.2. The average molecular weight is 482 g/mol. The molecule has 1 amide bonds. The summed E-state index contributed by atoms with van der Waals surface area (Å²) >= 11 is 1.30. The molecule has 0 spiro atoms. The number of fused-ring (bicyclic) bond motifs is 3. The molecular formula is C24H27N5O4S. The van der Waals surface area contributed by atoms with Crippen LogP contribution >= 0.6 is 11.8 Å². The number of carbonyl (C=O) groups excluding carboxylic acids is 1. The van der Waals surface area contributed by atoms with Crippen molar-refractivity contribution in [1.82, 2.24) is 24.1 Å². The first-order valence-corrected chi connectivity index (χ1v) is 11.9. The van der Waals surface area contributed by atoms with Crippen LogP contribution in [0, 0.1) is 0 Å². The van der Waals surface area contributed by atoms with Crippen molar-refractivity contribution in [3.63, 3.8) is 0 Å². The van der Waals surface area contributed by atoms with Gasteiger partial charge in [-0.05, 0) is 36.2 Å². The van der Waals surface area contributed by atoms with Crippen molar-refractivity contribution in [1.29, 1.82) is 0 Å². The summed E-state index contributed by atoms with van der Waals surface area (Å²) in [6, 6.07) is 15.0. The van der Waals surface area contributed by atoms with E-state index in [4.69, 9.17) is 9.47 Å². The summed E-state index contributed by atoms with van der Waals surface area (Å²) < 4.78 is 13.9. The average Bonchev–Trinajstić information content (AvgIpc) is 3.28. The standard InChI is InChI=1S/C24H27N5O4S/c1-27(15-17-8-6-9-18(14-17)33-3)21(30)16-34-24-26-25-23-28(12-7-13-32-2)22(31)19-10-4-5-11-20(19)29(23)24/h4-6,8-11,14H,7,12-13,15-16H2,1-3H3. The van der Waals surface area contributed by atoms with Crippen molar-refractivity contribution in [3.8, 4) is 5.75 Å². The fourth-order valence-corrected chi connectivity index (χ4v) is 4.65. The summed E-state index contributed by atoms with van der Waals surface area (Å²) in [5.41, 5.74) is 1.59. The maximum Gasteiger partial charge on any atom is 0.262 e. The molecule has 0 bridgehead atoms. The molecule has 2 heterocycles. The highest BCUT2D eigenvalue weighted by molar-refractivity contribution is 7.99. The van der Waals surface area contributed by atoms with E-state index in [0.29, 0.717) is 42.4 Å². The number of aromatic nitrogens is 4. The van der Waals surface area contributed by atoms with Crippen LogP contribution in [0.1, 0.15) is 12.0 Å². The first kappa shape index (κ1) is 23.8. The Bertz CT molecular complexity index is 1370. The van der Waals surface area contributed by atoms with E-state index in [9.17, 15) is 9.59 Å². The van der Waals surface area contributed by atoms with Crippen LogP contribution in [0.15, 0.2) is 58.5 Å². The normalized spacial score (nSPS) is 11.3. The molecule has 0 aliphatic carbocycles. The number of rotatable bonds is 10. The first-order valence-electron chi connectivity index (χ1n) is 10.9. The largest absolute Gasteiger partial charge is 0.497 e. The highest BCUT2D eigenvalue weighted by Crippen LogP contribution is 2.22. The Morgan fingerprint density at radius 3 is 2.74 bits per heavy atom. The Labute approximate surface area is 201 Å². The van der Waals surface area contributed by atoms with E-state index in [1.54, 1.807) is 36.8 Å². The van der Waals surface area contributed by atoms with Crippen molar-refractivity contribution in [3.05, 3.63) is 64.4 Å². The molecule has 2 aromatic heterocycles. The number of benzene rings is 2. The van der Waals surface area contributed by atoms with Crippen molar-refractivity contribution in [2.24, 2.45) is 0 Å². The second kappa shape index (κ2) is 10.7. The van der Waals surface area contributed by atoms with Gasteiger partial charge in [0.1, 0.15) is 5.75 Å². The van der Waals surface area contributed by atoms with Gasteiger partial charge in [0.25, 0.3) is 5.56 Å². The number of para-hydroxylation sites is 1. The molecule has 0 atom stereocenters. The van der Waals surface area contributed by atoms with Crippen LogP contribution in [0.4, 0.5) is 0 Å². The zero-order valence-corrected chi connectivity index (χ0v) is 20.2. The number of amides is 1. The summed E-state index contributed by atoms with van der Waals surface area (Å²) in [5.74, 6) is 1.37. The van der Waals surface area contributed by atoms with Gasteiger partial charge in [-0.25, -0.2) is 0 Å². The molecule has 0 fully saturated rings. The Kier molecular flexibility index (Phi) is 7.49. The summed E-state index contributed by atoms with van der Waals surface area (Å²) in [5, 5.41) is 9.75. The van der Waals surface area contributed by atoms with Crippen LogP contribution in [0.25, 0.3) is 16.7 Å². The van der Waals surface area contributed by atoms with Crippen LogP contribution in [-0.2, 0) is 22.6 Å². The Morgan fingerprint density at radius 1 is 1.12 bits per heavy atom. The minimum absolute atomic E-state index is 0.0395. The van der Waals surface area contributed by atoms with Crippen molar-refractivity contribution >= 4 is 34.3 Å². The minimum Gasteiger partial charge on any atom is -0.497 e. The zero-order valence-electron chi connectivity index (χ0n) is 19.4. The highest BCUT2D eigenvalue weighted by Gasteiger charge is 2.18. The maximum atomic E-state index is 13.1. The van der Waals surface area contributed by atoms with Gasteiger partial charge in [0.2, 0.25) is 11.7 Å². The van der Waals surface area contributed by atoms with Gasteiger partial charge in [-0.1, -0.05) is 36.0 Å². The Morgan fingerprint density at radius 2 is 1.94 bits per heavy atom. The topological polar surface area (TPSA) is 91.0 Å². The van der Waals surface area contributed by atoms with Gasteiger partial charge >= 0.3 is 0 Å². The molecule has 4 aromatic rings. The number of carbonyl (C=O) groups is 1. The molecule has 0 aliphatic heterocycles. The van der Waals surface area contributed by atoms with E-state index in [1.165, 1.54) is 11.8 Å². The van der Waals surface area contributed by atoms with E-state index < -0.39 is 0 Å². The van der Waals surface area contributed by atoms with E-state index in [0.717, 1.165) is 16.8 Å². The smallest absolute Gasteiger partial charge is 0.262 e. The molecule has 4 rings (SSSR count). The molecule has 10 heteroatoms. The van der Waals surface area contributed by atoms with Crippen LogP contribution in [0.3, 0.4) is 0 Å². The van der Waals surface area contributed by atoms with Gasteiger partial charge in [0.05, 0.1) is 23.8 Å². The number of ether oxygens (including phenoxy) is 2. The van der Waals surface area contributed by atoms with Crippen LogP contribution in [-0.4, -0.2) is 63.6 Å². The Hall–Kier alpha value is -3.37. The summed E-state index contributed by atoms with van der Waals surface area (Å²) in [7, 11) is 5.02. The number of thioether (sulfide) groups is 1. The van der Waals surface area contributed by atoms with Crippen LogP contribution in [0.2, 0.25) is 0 Å². The number of aryl methyl sites for hydroxylation is 1. The molecule has 0 unspecified atom stereocenters. The predicted molar refractivity (Wildman–Crippen MR) is 131 cm³/mol. The van der Waals surface area contributed by atoms with Crippen molar-refractivity contribution < 1.29 is 14.3 Å². The van der Waals surface area contributed by atoms with E-state index >= 15 is 0 Å². The summed E-state index contributed by atoms with van der Waals surface area (Å²) in [6.45, 7) is 1.47. The summed E-state index contributed by atoms with van der Waals surface area (Å²) in [6.07, 6.45) is 0.674. The fourth-order valence-electron chi connectivity index (χ4n) is 3.76. The lowest BCUT2D eigenvalue weighted by Gasteiger charge is -2.17. The molecule has 0 N–H and O–H groups in total. The number of hydrogen-bond acceptors (Lipinski definition) is 7. The highest BCUT2D eigenvalue weighted by atomic mass is 32.2. The number of nitrogens with zero attached hydrogens (tertiary/aromatic N) is 5. The third-order valence-electron chi connectivity index (χ3n) is 5.51. The quantitative estimate of drug-likeness (QED) is 0.254. The van der Waals surface area contributed by atoms with Crippen LogP contribution < -0.4 is 10.3 Å². The summed E-state index contributed by atoms with van der Waals surface area (Å²) in [4.78, 5) is 27.6. The molecule has 34 heavy (non-hydrogen) atoms. The monoisotopic (exact) mass is 481 g/mol. The molecule has 2 aromatic carbocycles. The van der Waals surface area contributed by atoms with Crippen LogP contribution in [0.5, 0.6) is 5.75 Å². The first-order chi connectivity index (χ1) is 16.5. The second-order valence-corrected chi connectivity index (χ2v) is 8.77. The maximum absolute atomic E-state index is 13.1. The van der Waals surface area contributed by atoms with Gasteiger partial charge < -0.3 is 14.4 Å². The lowest BCUT2D eigenvalue weighted by molar-refractivity contribution is -0.127. The molecule has 9 nitrogen and oxygen atoms in total. The molecule has 0 saturated carbocycles. The molecule has 0 aliphatic rings. The fraction of sp³-hybridized carbons (Fsp3) is 0.333.